The van der Waals surface area contributed by atoms with Crippen molar-refractivity contribution in [3.8, 4) is 5.75 Å². The number of hydrogen-bond donors (Lipinski definition) is 1. The molecule has 0 spiro atoms. The highest BCUT2D eigenvalue weighted by molar-refractivity contribution is 5.84. The Morgan fingerprint density at radius 2 is 1.77 bits per heavy atom. The molecule has 0 aliphatic rings. The topological polar surface area (TPSA) is 69.0 Å². The molecule has 0 unspecified atom stereocenters. The van der Waals surface area contributed by atoms with Crippen LogP contribution in [-0.2, 0) is 23.3 Å². The van der Waals surface area contributed by atoms with Crippen molar-refractivity contribution >= 4 is 16.9 Å². The largest absolute Gasteiger partial charge is 0.497 e. The van der Waals surface area contributed by atoms with Crippen LogP contribution in [0.4, 0.5) is 0 Å². The Morgan fingerprint density at radius 3 is 2.37 bits per heavy atom. The first kappa shape index (κ1) is 21.8. The summed E-state index contributed by atoms with van der Waals surface area (Å²) in [6.45, 7) is 13.1. The minimum absolute atomic E-state index is 0.0341. The standard InChI is InChI=1S/C24H32N4O2/c1-15-20(12-13-21(29)25-14-18-8-10-19(30-7)11-9-18)16(2)26-23-22(15)17(3)27-28(23)24(4,5)6/h8-11H,12-14H2,1-7H3,(H,25,29). The summed E-state index contributed by atoms with van der Waals surface area (Å²) in [5, 5.41) is 8.84. The average Bonchev–Trinajstić information content (AvgIpc) is 3.03. The van der Waals surface area contributed by atoms with Crippen LogP contribution in [0.2, 0.25) is 0 Å². The van der Waals surface area contributed by atoms with Crippen LogP contribution in [0.5, 0.6) is 5.75 Å². The van der Waals surface area contributed by atoms with E-state index in [-0.39, 0.29) is 11.4 Å². The molecule has 0 aliphatic carbocycles. The Morgan fingerprint density at radius 1 is 1.10 bits per heavy atom. The summed E-state index contributed by atoms with van der Waals surface area (Å²) in [5.74, 6) is 0.843. The predicted molar refractivity (Wildman–Crippen MR) is 120 cm³/mol. The summed E-state index contributed by atoms with van der Waals surface area (Å²) in [7, 11) is 1.64. The molecule has 160 valence electrons. The lowest BCUT2D eigenvalue weighted by molar-refractivity contribution is -0.121. The number of carbonyl (C=O) groups is 1. The van der Waals surface area contributed by atoms with Crippen molar-refractivity contribution in [3.05, 3.63) is 52.3 Å². The molecule has 0 fully saturated rings. The van der Waals surface area contributed by atoms with E-state index in [9.17, 15) is 4.79 Å². The van der Waals surface area contributed by atoms with E-state index in [1.807, 2.05) is 42.8 Å². The minimum atomic E-state index is -0.138. The normalized spacial score (nSPS) is 11.7. The van der Waals surface area contributed by atoms with Gasteiger partial charge in [-0.25, -0.2) is 9.67 Å². The summed E-state index contributed by atoms with van der Waals surface area (Å²) >= 11 is 0. The fraction of sp³-hybridized carbons (Fsp3) is 0.458. The first-order valence-corrected chi connectivity index (χ1v) is 10.4. The van der Waals surface area contributed by atoms with E-state index >= 15 is 0 Å². The predicted octanol–water partition coefficient (Wildman–Crippen LogP) is 4.37. The maximum atomic E-state index is 12.4. The summed E-state index contributed by atoms with van der Waals surface area (Å²) in [6.07, 6.45) is 1.09. The summed E-state index contributed by atoms with van der Waals surface area (Å²) < 4.78 is 7.17. The fourth-order valence-electron chi connectivity index (χ4n) is 3.81. The summed E-state index contributed by atoms with van der Waals surface area (Å²) in [5.41, 5.74) is 6.09. The molecule has 0 saturated heterocycles. The van der Waals surface area contributed by atoms with Gasteiger partial charge in [-0.05, 0) is 76.8 Å². The van der Waals surface area contributed by atoms with Crippen molar-refractivity contribution in [2.45, 2.75) is 66.5 Å². The van der Waals surface area contributed by atoms with E-state index < -0.39 is 0 Å². The number of ether oxygens (including phenoxy) is 1. The highest BCUT2D eigenvalue weighted by Gasteiger charge is 2.23. The molecule has 3 aromatic rings. The lowest BCUT2D eigenvalue weighted by atomic mass is 9.99. The molecular weight excluding hydrogens is 376 g/mol. The number of nitrogens with one attached hydrogen (secondary N) is 1. The van der Waals surface area contributed by atoms with Crippen molar-refractivity contribution in [1.82, 2.24) is 20.1 Å². The first-order chi connectivity index (χ1) is 14.1. The van der Waals surface area contributed by atoms with Crippen LogP contribution in [0, 0.1) is 20.8 Å². The zero-order valence-electron chi connectivity index (χ0n) is 19.1. The summed E-state index contributed by atoms with van der Waals surface area (Å²) in [4.78, 5) is 17.3. The molecule has 3 rings (SSSR count). The molecule has 0 radical (unpaired) electrons. The van der Waals surface area contributed by atoms with Gasteiger partial charge in [-0.15, -0.1) is 0 Å². The number of benzene rings is 1. The van der Waals surface area contributed by atoms with Gasteiger partial charge in [0.05, 0.1) is 18.3 Å². The Balaban J connectivity index is 1.72. The number of rotatable bonds is 6. The minimum Gasteiger partial charge on any atom is -0.497 e. The van der Waals surface area contributed by atoms with Crippen LogP contribution >= 0.6 is 0 Å². The van der Waals surface area contributed by atoms with E-state index in [0.29, 0.717) is 19.4 Å². The molecule has 1 N–H and O–H groups in total. The quantitative estimate of drug-likeness (QED) is 0.658. The Labute approximate surface area is 178 Å². The van der Waals surface area contributed by atoms with Gasteiger partial charge >= 0.3 is 0 Å². The number of fused-ring (bicyclic) bond motifs is 1. The Kier molecular flexibility index (Phi) is 6.15. The zero-order valence-corrected chi connectivity index (χ0v) is 19.1. The third kappa shape index (κ3) is 4.48. The molecule has 6 heteroatoms. The van der Waals surface area contributed by atoms with E-state index in [0.717, 1.165) is 39.3 Å². The maximum Gasteiger partial charge on any atom is 0.220 e. The average molecular weight is 409 g/mol. The molecule has 6 nitrogen and oxygen atoms in total. The number of aromatic nitrogens is 3. The van der Waals surface area contributed by atoms with Gasteiger partial charge in [-0.1, -0.05) is 12.1 Å². The molecule has 0 aliphatic heterocycles. The monoisotopic (exact) mass is 408 g/mol. The van der Waals surface area contributed by atoms with E-state index in [1.165, 1.54) is 5.56 Å². The second-order valence-corrected chi connectivity index (χ2v) is 8.79. The second kappa shape index (κ2) is 8.46. The highest BCUT2D eigenvalue weighted by atomic mass is 16.5. The Bertz CT molecular complexity index is 1060. The van der Waals surface area contributed by atoms with Crippen LogP contribution in [0.1, 0.15) is 55.3 Å². The van der Waals surface area contributed by atoms with Crippen molar-refractivity contribution in [2.24, 2.45) is 0 Å². The molecule has 2 heterocycles. The van der Waals surface area contributed by atoms with Crippen LogP contribution in [0.25, 0.3) is 11.0 Å². The number of methoxy groups -OCH3 is 1. The molecule has 1 aromatic carbocycles. The van der Waals surface area contributed by atoms with Gasteiger partial charge < -0.3 is 10.1 Å². The molecule has 0 atom stereocenters. The number of hydrogen-bond acceptors (Lipinski definition) is 4. The van der Waals surface area contributed by atoms with Gasteiger partial charge in [0.1, 0.15) is 5.75 Å². The van der Waals surface area contributed by atoms with Crippen molar-refractivity contribution in [2.75, 3.05) is 7.11 Å². The lowest BCUT2D eigenvalue weighted by Gasteiger charge is -2.20. The van der Waals surface area contributed by atoms with Gasteiger partial charge in [0.15, 0.2) is 5.65 Å². The molecule has 0 saturated carbocycles. The Hall–Kier alpha value is -2.89. The van der Waals surface area contributed by atoms with Crippen molar-refractivity contribution < 1.29 is 9.53 Å². The summed E-state index contributed by atoms with van der Waals surface area (Å²) in [6, 6.07) is 7.71. The van der Waals surface area contributed by atoms with Crippen LogP contribution in [0.15, 0.2) is 24.3 Å². The fourth-order valence-corrected chi connectivity index (χ4v) is 3.81. The molecule has 1 amide bonds. The van der Waals surface area contributed by atoms with Crippen molar-refractivity contribution in [3.63, 3.8) is 0 Å². The van der Waals surface area contributed by atoms with Gasteiger partial charge in [0.2, 0.25) is 5.91 Å². The maximum absolute atomic E-state index is 12.4. The third-order valence-corrected chi connectivity index (χ3v) is 5.46. The molecule has 2 aromatic heterocycles. The smallest absolute Gasteiger partial charge is 0.220 e. The number of nitrogens with zero attached hydrogens (tertiary/aromatic N) is 3. The van der Waals surface area contributed by atoms with E-state index in [2.05, 4.69) is 33.0 Å². The number of amides is 1. The van der Waals surface area contributed by atoms with Gasteiger partial charge in [0.25, 0.3) is 0 Å². The lowest BCUT2D eigenvalue weighted by Crippen LogP contribution is -2.24. The molecule has 30 heavy (non-hydrogen) atoms. The first-order valence-electron chi connectivity index (χ1n) is 10.4. The van der Waals surface area contributed by atoms with Gasteiger partial charge in [0, 0.05) is 24.0 Å². The van der Waals surface area contributed by atoms with E-state index in [1.54, 1.807) is 7.11 Å². The zero-order chi connectivity index (χ0) is 22.1. The van der Waals surface area contributed by atoms with Gasteiger partial charge in [-0.2, -0.15) is 5.10 Å². The SMILES string of the molecule is COc1ccc(CNC(=O)CCc2c(C)nc3c(c(C)nn3C(C)(C)C)c2C)cc1. The van der Waals surface area contributed by atoms with Crippen LogP contribution < -0.4 is 10.1 Å². The number of pyridine rings is 1. The highest BCUT2D eigenvalue weighted by Crippen LogP contribution is 2.29. The second-order valence-electron chi connectivity index (χ2n) is 8.79. The number of aryl methyl sites for hydroxylation is 3. The van der Waals surface area contributed by atoms with Crippen molar-refractivity contribution in [1.29, 1.82) is 0 Å². The molecule has 0 bridgehead atoms. The van der Waals surface area contributed by atoms with E-state index in [4.69, 9.17) is 14.8 Å². The van der Waals surface area contributed by atoms with Gasteiger partial charge in [-0.3, -0.25) is 4.79 Å². The third-order valence-electron chi connectivity index (χ3n) is 5.46. The van der Waals surface area contributed by atoms with Crippen LogP contribution in [-0.4, -0.2) is 27.8 Å². The van der Waals surface area contributed by atoms with Crippen LogP contribution in [0.3, 0.4) is 0 Å². The number of carbonyl (C=O) groups excluding carboxylic acids is 1. The molecular formula is C24H32N4O2.